The highest BCUT2D eigenvalue weighted by Gasteiger charge is 2.52. The standard InChI is InChI=1S/C22H31NO5Si/c1-21(2,3)29(4,5)28-16-10-15(11-22(12-16)13-26-14-27-22)23-19(24)17-8-6-7-9-18(17)20(23)25/h6-9,15-16H,10-14H2,1-5H3/t15?,16?,22-/m0/s1. The summed E-state index contributed by atoms with van der Waals surface area (Å²) in [5, 5.41) is 0.0790. The molecule has 7 heteroatoms. The molecule has 0 radical (unpaired) electrons. The van der Waals surface area contributed by atoms with Crippen molar-refractivity contribution in [1.82, 2.24) is 4.90 Å². The molecule has 2 unspecified atom stereocenters. The Balaban J connectivity index is 1.62. The molecule has 1 saturated carbocycles. The maximum atomic E-state index is 13.1. The minimum Gasteiger partial charge on any atom is -0.414 e. The van der Waals surface area contributed by atoms with Crippen LogP contribution in [-0.2, 0) is 13.9 Å². The van der Waals surface area contributed by atoms with Crippen LogP contribution in [0.1, 0.15) is 60.7 Å². The van der Waals surface area contributed by atoms with Gasteiger partial charge in [-0.25, -0.2) is 0 Å². The number of benzene rings is 1. The third-order valence-electron chi connectivity index (χ3n) is 7.01. The number of hydrogen-bond acceptors (Lipinski definition) is 5. The van der Waals surface area contributed by atoms with Crippen LogP contribution in [0.5, 0.6) is 0 Å². The van der Waals surface area contributed by atoms with Gasteiger partial charge in [-0.05, 0) is 43.1 Å². The molecule has 0 N–H and O–H groups in total. The van der Waals surface area contributed by atoms with Gasteiger partial charge in [0.2, 0.25) is 0 Å². The molecule has 1 aromatic carbocycles. The molecule has 0 bridgehead atoms. The topological polar surface area (TPSA) is 65.1 Å². The molecule has 29 heavy (non-hydrogen) atoms. The first-order chi connectivity index (χ1) is 13.5. The van der Waals surface area contributed by atoms with Crippen molar-refractivity contribution >= 4 is 20.1 Å². The first-order valence-electron chi connectivity index (χ1n) is 10.4. The predicted octanol–water partition coefficient (Wildman–Crippen LogP) is 3.97. The predicted molar refractivity (Wildman–Crippen MR) is 111 cm³/mol. The Kier molecular flexibility index (Phi) is 5.01. The zero-order chi connectivity index (χ0) is 21.0. The van der Waals surface area contributed by atoms with E-state index in [9.17, 15) is 9.59 Å². The smallest absolute Gasteiger partial charge is 0.261 e. The van der Waals surface area contributed by atoms with E-state index in [1.165, 1.54) is 4.90 Å². The van der Waals surface area contributed by atoms with Crippen molar-refractivity contribution in [2.75, 3.05) is 13.4 Å². The van der Waals surface area contributed by atoms with Crippen LogP contribution in [0, 0.1) is 0 Å². The molecule has 6 nitrogen and oxygen atoms in total. The van der Waals surface area contributed by atoms with Gasteiger partial charge >= 0.3 is 0 Å². The van der Waals surface area contributed by atoms with Gasteiger partial charge in [0, 0.05) is 18.6 Å². The second-order valence-corrected chi connectivity index (χ2v) is 14.9. The lowest BCUT2D eigenvalue weighted by molar-refractivity contribution is -0.0758. The Morgan fingerprint density at radius 2 is 1.72 bits per heavy atom. The van der Waals surface area contributed by atoms with E-state index in [1.807, 2.05) is 0 Å². The van der Waals surface area contributed by atoms with Gasteiger partial charge in [-0.1, -0.05) is 32.9 Å². The molecule has 3 atom stereocenters. The lowest BCUT2D eigenvalue weighted by Gasteiger charge is -2.47. The first-order valence-corrected chi connectivity index (χ1v) is 13.3. The number of hydrogen-bond donors (Lipinski definition) is 0. The second-order valence-electron chi connectivity index (χ2n) is 10.1. The number of fused-ring (bicyclic) bond motifs is 1. The zero-order valence-electron chi connectivity index (χ0n) is 18.0. The minimum atomic E-state index is -2.01. The fourth-order valence-corrected chi connectivity index (χ4v) is 5.86. The quantitative estimate of drug-likeness (QED) is 0.550. The molecule has 1 aromatic rings. The number of carbonyl (C=O) groups excluding carboxylic acids is 2. The SMILES string of the molecule is CC(C)(C)[Si](C)(C)OC1CC(N2C(=O)c3ccccc3C2=O)C[C@@]2(COCO2)C1. The van der Waals surface area contributed by atoms with Crippen LogP contribution >= 0.6 is 0 Å². The van der Waals surface area contributed by atoms with Gasteiger partial charge in [0.15, 0.2) is 8.32 Å². The average molecular weight is 418 g/mol. The van der Waals surface area contributed by atoms with Crippen molar-refractivity contribution in [2.45, 2.75) is 75.9 Å². The molecule has 0 aromatic heterocycles. The van der Waals surface area contributed by atoms with E-state index in [0.717, 1.165) is 6.42 Å². The molecular weight excluding hydrogens is 386 g/mol. The fraction of sp³-hybridized carbons (Fsp3) is 0.636. The van der Waals surface area contributed by atoms with Crippen molar-refractivity contribution in [1.29, 1.82) is 0 Å². The highest BCUT2D eigenvalue weighted by Crippen LogP contribution is 2.44. The average Bonchev–Trinajstić information content (AvgIpc) is 3.16. The van der Waals surface area contributed by atoms with Crippen molar-refractivity contribution in [3.8, 4) is 0 Å². The van der Waals surface area contributed by atoms with E-state index in [1.54, 1.807) is 24.3 Å². The van der Waals surface area contributed by atoms with E-state index >= 15 is 0 Å². The molecule has 2 amide bonds. The van der Waals surface area contributed by atoms with E-state index in [0.29, 0.717) is 30.6 Å². The summed E-state index contributed by atoms with van der Waals surface area (Å²) in [7, 11) is -2.01. The molecule has 1 aliphatic carbocycles. The van der Waals surface area contributed by atoms with Gasteiger partial charge in [0.25, 0.3) is 11.8 Å². The van der Waals surface area contributed by atoms with Crippen molar-refractivity contribution in [2.24, 2.45) is 0 Å². The summed E-state index contributed by atoms with van der Waals surface area (Å²) < 4.78 is 18.3. The van der Waals surface area contributed by atoms with Gasteiger partial charge in [0.05, 0.1) is 23.3 Å². The number of rotatable bonds is 3. The van der Waals surface area contributed by atoms with Gasteiger partial charge in [-0.15, -0.1) is 0 Å². The Morgan fingerprint density at radius 3 is 2.24 bits per heavy atom. The molecular formula is C22H31NO5Si. The normalized spacial score (nSPS) is 30.3. The van der Waals surface area contributed by atoms with E-state index < -0.39 is 13.9 Å². The van der Waals surface area contributed by atoms with Crippen LogP contribution in [0.2, 0.25) is 18.1 Å². The minimum absolute atomic E-state index is 0.0688. The maximum Gasteiger partial charge on any atom is 0.261 e. The summed E-state index contributed by atoms with van der Waals surface area (Å²) in [6.45, 7) is 11.8. The van der Waals surface area contributed by atoms with Crippen LogP contribution in [0.4, 0.5) is 0 Å². The third kappa shape index (κ3) is 3.58. The number of ether oxygens (including phenoxy) is 2. The van der Waals surface area contributed by atoms with Crippen molar-refractivity contribution in [3.63, 3.8) is 0 Å². The summed E-state index contributed by atoms with van der Waals surface area (Å²) in [4.78, 5) is 27.6. The van der Waals surface area contributed by atoms with Crippen LogP contribution in [0.25, 0.3) is 0 Å². The van der Waals surface area contributed by atoms with E-state index in [2.05, 4.69) is 33.9 Å². The van der Waals surface area contributed by atoms with E-state index in [-0.39, 0.29) is 35.8 Å². The van der Waals surface area contributed by atoms with E-state index in [4.69, 9.17) is 13.9 Å². The molecule has 2 heterocycles. The summed E-state index contributed by atoms with van der Waals surface area (Å²) in [5.41, 5.74) is 0.482. The Labute approximate surface area is 173 Å². The summed E-state index contributed by atoms with van der Waals surface area (Å²) in [5.74, 6) is -0.421. The summed E-state index contributed by atoms with van der Waals surface area (Å²) >= 11 is 0. The maximum absolute atomic E-state index is 13.1. The first kappa shape index (κ1) is 20.7. The summed E-state index contributed by atoms with van der Waals surface area (Å²) in [6.07, 6.45) is 1.90. The van der Waals surface area contributed by atoms with Crippen molar-refractivity contribution in [3.05, 3.63) is 35.4 Å². The molecule has 4 rings (SSSR count). The van der Waals surface area contributed by atoms with Gasteiger partial charge in [-0.2, -0.15) is 0 Å². The highest BCUT2D eigenvalue weighted by molar-refractivity contribution is 6.74. The Bertz CT molecular complexity index is 790. The van der Waals surface area contributed by atoms with Crippen LogP contribution < -0.4 is 0 Å². The third-order valence-corrected chi connectivity index (χ3v) is 11.5. The van der Waals surface area contributed by atoms with Crippen LogP contribution in [-0.4, -0.2) is 56.2 Å². The van der Waals surface area contributed by atoms with Gasteiger partial charge in [-0.3, -0.25) is 14.5 Å². The van der Waals surface area contributed by atoms with Crippen molar-refractivity contribution < 1.29 is 23.5 Å². The molecule has 158 valence electrons. The number of imide groups is 1. The zero-order valence-corrected chi connectivity index (χ0v) is 19.0. The molecule has 2 fully saturated rings. The van der Waals surface area contributed by atoms with Crippen LogP contribution in [0.15, 0.2) is 24.3 Å². The largest absolute Gasteiger partial charge is 0.414 e. The Hall–Kier alpha value is -1.54. The van der Waals surface area contributed by atoms with Gasteiger partial charge < -0.3 is 13.9 Å². The molecule has 2 aliphatic heterocycles. The molecule has 1 spiro atoms. The lowest BCUT2D eigenvalue weighted by atomic mass is 9.80. The highest BCUT2D eigenvalue weighted by atomic mass is 28.4. The fourth-order valence-electron chi connectivity index (χ4n) is 4.49. The summed E-state index contributed by atoms with van der Waals surface area (Å²) in [6, 6.07) is 6.80. The van der Waals surface area contributed by atoms with Crippen LogP contribution in [0.3, 0.4) is 0 Å². The number of nitrogens with zero attached hydrogens (tertiary/aromatic N) is 1. The number of carbonyl (C=O) groups is 2. The second kappa shape index (κ2) is 7.01. The molecule has 1 saturated heterocycles. The molecule has 3 aliphatic rings. The van der Waals surface area contributed by atoms with Gasteiger partial charge in [0.1, 0.15) is 6.79 Å². The number of amides is 2. The monoisotopic (exact) mass is 417 g/mol. The lowest BCUT2D eigenvalue weighted by Crippen LogP contribution is -2.56. The Morgan fingerprint density at radius 1 is 1.10 bits per heavy atom.